The lowest BCUT2D eigenvalue weighted by Crippen LogP contribution is -2.36. The number of ether oxygens (including phenoxy) is 1. The highest BCUT2D eigenvalue weighted by Gasteiger charge is 2.65. The highest BCUT2D eigenvalue weighted by molar-refractivity contribution is 6.02. The number of rotatable bonds is 8. The lowest BCUT2D eigenvalue weighted by molar-refractivity contribution is -0.119. The van der Waals surface area contributed by atoms with Crippen LogP contribution in [0.2, 0.25) is 0 Å². The van der Waals surface area contributed by atoms with Crippen LogP contribution >= 0.6 is 0 Å². The number of hydrogen-bond donors (Lipinski definition) is 1. The fraction of sp³-hybridized carbons (Fsp3) is 0.591. The molecule has 0 aromatic carbocycles. The molecular weight excluding hydrogens is 312 g/mol. The molecule has 0 spiro atoms. The van der Waals surface area contributed by atoms with Crippen molar-refractivity contribution in [1.82, 2.24) is 0 Å². The van der Waals surface area contributed by atoms with Gasteiger partial charge >= 0.3 is 0 Å². The Labute approximate surface area is 152 Å². The van der Waals surface area contributed by atoms with Crippen molar-refractivity contribution in [2.75, 3.05) is 0 Å². The molecule has 0 bridgehead atoms. The molecule has 1 N–H and O–H groups in total. The van der Waals surface area contributed by atoms with Crippen molar-refractivity contribution in [1.29, 1.82) is 0 Å². The lowest BCUT2D eigenvalue weighted by Gasteiger charge is -2.17. The molecule has 1 fully saturated rings. The Morgan fingerprint density at radius 3 is 2.36 bits per heavy atom. The zero-order valence-electron chi connectivity index (χ0n) is 16.3. The minimum atomic E-state index is -0.795. The molecule has 1 heterocycles. The van der Waals surface area contributed by atoms with Crippen LogP contribution in [-0.2, 0) is 9.53 Å². The van der Waals surface area contributed by atoms with E-state index in [-0.39, 0.29) is 11.9 Å². The van der Waals surface area contributed by atoms with Gasteiger partial charge in [0.25, 0.3) is 0 Å². The number of aliphatic hydroxyl groups excluding tert-OH is 1. The third-order valence-corrected chi connectivity index (χ3v) is 5.15. The largest absolute Gasteiger partial charge is 0.386 e. The van der Waals surface area contributed by atoms with Gasteiger partial charge < -0.3 is 9.84 Å². The van der Waals surface area contributed by atoms with Crippen LogP contribution in [0.1, 0.15) is 66.7 Å². The fourth-order valence-electron chi connectivity index (χ4n) is 3.29. The van der Waals surface area contributed by atoms with E-state index < -0.39 is 11.7 Å². The van der Waals surface area contributed by atoms with Gasteiger partial charge in [-0.15, -0.1) is 0 Å². The minimum Gasteiger partial charge on any atom is -0.386 e. The second-order valence-electron chi connectivity index (χ2n) is 7.79. The van der Waals surface area contributed by atoms with Crippen LogP contribution in [0.25, 0.3) is 0 Å². The molecule has 3 atom stereocenters. The van der Waals surface area contributed by atoms with Gasteiger partial charge in [-0.1, -0.05) is 34.9 Å². The third-order valence-electron chi connectivity index (χ3n) is 5.15. The zero-order valence-corrected chi connectivity index (χ0v) is 16.3. The van der Waals surface area contributed by atoms with E-state index in [0.29, 0.717) is 12.0 Å². The van der Waals surface area contributed by atoms with Crippen molar-refractivity contribution in [2.24, 2.45) is 0 Å². The molecule has 1 saturated heterocycles. The monoisotopic (exact) mass is 344 g/mol. The van der Waals surface area contributed by atoms with Crippen LogP contribution < -0.4 is 0 Å². The molecule has 0 amide bonds. The van der Waals surface area contributed by atoms with Gasteiger partial charge in [-0.25, -0.2) is 0 Å². The van der Waals surface area contributed by atoms with E-state index in [9.17, 15) is 9.90 Å². The summed E-state index contributed by atoms with van der Waals surface area (Å²) in [5, 5.41) is 10.1. The summed E-state index contributed by atoms with van der Waals surface area (Å²) in [6.45, 7) is 10.3. The number of carbonyl (C=O) groups is 1. The minimum absolute atomic E-state index is 0.000590. The first kappa shape index (κ1) is 19.9. The quantitative estimate of drug-likeness (QED) is 0.507. The summed E-state index contributed by atoms with van der Waals surface area (Å²) < 4.78 is 5.60. The molecule has 2 aliphatic rings. The summed E-state index contributed by atoms with van der Waals surface area (Å²) in [4.78, 5) is 12.2. The number of aliphatic hydroxyl groups is 1. The van der Waals surface area contributed by atoms with E-state index in [1.807, 2.05) is 0 Å². The van der Waals surface area contributed by atoms with Crippen LogP contribution in [0.5, 0.6) is 0 Å². The molecule has 3 nitrogen and oxygen atoms in total. The van der Waals surface area contributed by atoms with Crippen molar-refractivity contribution < 1.29 is 14.6 Å². The molecule has 138 valence electrons. The molecule has 0 unspecified atom stereocenters. The topological polar surface area (TPSA) is 49.8 Å². The number of epoxide rings is 1. The summed E-state index contributed by atoms with van der Waals surface area (Å²) in [5.74, 6) is -0.000590. The van der Waals surface area contributed by atoms with Crippen LogP contribution in [0.4, 0.5) is 0 Å². The van der Waals surface area contributed by atoms with Crippen molar-refractivity contribution >= 4 is 5.78 Å². The average molecular weight is 344 g/mol. The number of allylic oxidation sites excluding steroid dienone is 5. The van der Waals surface area contributed by atoms with E-state index in [1.165, 1.54) is 22.8 Å². The lowest BCUT2D eigenvalue weighted by atomic mass is 9.84. The Bertz CT molecular complexity index is 632. The zero-order chi connectivity index (χ0) is 18.6. The van der Waals surface area contributed by atoms with Crippen molar-refractivity contribution in [3.05, 3.63) is 46.6 Å². The highest BCUT2D eigenvalue weighted by Crippen LogP contribution is 2.48. The summed E-state index contributed by atoms with van der Waals surface area (Å²) in [6, 6.07) is 0. The van der Waals surface area contributed by atoms with Gasteiger partial charge in [0.05, 0.1) is 0 Å². The number of carbonyl (C=O) groups excluding carboxylic acids is 1. The van der Waals surface area contributed by atoms with Crippen molar-refractivity contribution in [3.8, 4) is 0 Å². The molecule has 0 radical (unpaired) electrons. The van der Waals surface area contributed by atoms with Gasteiger partial charge in [0, 0.05) is 6.42 Å². The van der Waals surface area contributed by atoms with Gasteiger partial charge in [0.2, 0.25) is 0 Å². The highest BCUT2D eigenvalue weighted by atomic mass is 16.6. The van der Waals surface area contributed by atoms with Gasteiger partial charge in [0.1, 0.15) is 12.2 Å². The van der Waals surface area contributed by atoms with Crippen LogP contribution in [0.3, 0.4) is 0 Å². The maximum Gasteiger partial charge on any atom is 0.190 e. The molecular formula is C22H32O3. The maximum absolute atomic E-state index is 12.2. The molecule has 2 rings (SSSR count). The van der Waals surface area contributed by atoms with Crippen molar-refractivity contribution in [2.45, 2.75) is 84.5 Å². The molecule has 3 heteroatoms. The van der Waals surface area contributed by atoms with Gasteiger partial charge in [-0.05, 0) is 72.0 Å². The standard InChI is InChI=1S/C22H32O3/c1-15(2)8-6-9-16(3)10-7-11-17(4)12-13-22-19(23)14-18(5)20(24)21(22)25-22/h8,10,12,14,20-21,24H,6-7,9,11,13H2,1-5H3/b16-10+,17-12?/t20-,21-,22+/m1/s1. The number of fused-ring (bicyclic) bond motifs is 1. The fourth-order valence-corrected chi connectivity index (χ4v) is 3.29. The normalized spacial score (nSPS) is 29.2. The molecule has 25 heavy (non-hydrogen) atoms. The Morgan fingerprint density at radius 1 is 1.12 bits per heavy atom. The van der Waals surface area contributed by atoms with Gasteiger partial charge in [0.15, 0.2) is 11.4 Å². The first-order chi connectivity index (χ1) is 11.8. The molecule has 1 aliphatic carbocycles. The van der Waals surface area contributed by atoms with E-state index >= 15 is 0 Å². The first-order valence-electron chi connectivity index (χ1n) is 9.29. The third kappa shape index (κ3) is 5.02. The van der Waals surface area contributed by atoms with E-state index in [0.717, 1.165) is 25.7 Å². The van der Waals surface area contributed by atoms with Crippen LogP contribution in [-0.4, -0.2) is 28.7 Å². The van der Waals surface area contributed by atoms with Crippen LogP contribution in [0.15, 0.2) is 46.6 Å². The Kier molecular flexibility index (Phi) is 6.59. The molecule has 0 saturated carbocycles. The second-order valence-corrected chi connectivity index (χ2v) is 7.79. The van der Waals surface area contributed by atoms with Gasteiger partial charge in [-0.3, -0.25) is 4.79 Å². The van der Waals surface area contributed by atoms with E-state index in [2.05, 4.69) is 45.9 Å². The Morgan fingerprint density at radius 2 is 1.72 bits per heavy atom. The Hall–Kier alpha value is -1.45. The smallest absolute Gasteiger partial charge is 0.190 e. The predicted molar refractivity (Wildman–Crippen MR) is 102 cm³/mol. The van der Waals surface area contributed by atoms with E-state index in [1.54, 1.807) is 6.92 Å². The second kappa shape index (κ2) is 8.29. The van der Waals surface area contributed by atoms with E-state index in [4.69, 9.17) is 4.74 Å². The van der Waals surface area contributed by atoms with Crippen molar-refractivity contribution in [3.63, 3.8) is 0 Å². The van der Waals surface area contributed by atoms with Crippen LogP contribution in [0, 0.1) is 0 Å². The summed E-state index contributed by atoms with van der Waals surface area (Å²) in [6.07, 6.45) is 12.0. The predicted octanol–water partition coefficient (Wildman–Crippen LogP) is 4.82. The SMILES string of the molecule is CC(C)=CCC/C(C)=C/CCC(C)=CC[C@@]12O[C@@H]1[C@H](O)C(C)=CC2=O. The molecule has 0 aromatic heterocycles. The molecule has 1 aliphatic heterocycles. The Balaban J connectivity index is 1.80. The molecule has 0 aromatic rings. The number of ketones is 1. The van der Waals surface area contributed by atoms with Gasteiger partial charge in [-0.2, -0.15) is 0 Å². The maximum atomic E-state index is 12.2. The number of hydrogen-bond acceptors (Lipinski definition) is 3. The first-order valence-corrected chi connectivity index (χ1v) is 9.29. The summed E-state index contributed by atoms with van der Waals surface area (Å²) in [7, 11) is 0. The average Bonchev–Trinajstić information content (AvgIpc) is 3.27. The summed E-state index contributed by atoms with van der Waals surface area (Å²) in [5.41, 5.74) is 3.98. The summed E-state index contributed by atoms with van der Waals surface area (Å²) >= 11 is 0.